The lowest BCUT2D eigenvalue weighted by Crippen LogP contribution is -2.13. The molecule has 1 rings (SSSR count). The van der Waals surface area contributed by atoms with E-state index in [0.29, 0.717) is 4.64 Å². The molecule has 0 saturated carbocycles. The summed E-state index contributed by atoms with van der Waals surface area (Å²) in [7, 11) is 0. The van der Waals surface area contributed by atoms with E-state index in [1.165, 1.54) is 27.3 Å². The first kappa shape index (κ1) is 8.66. The Morgan fingerprint density at radius 2 is 2.36 bits per heavy atom. The van der Waals surface area contributed by atoms with Gasteiger partial charge in [-0.3, -0.25) is 0 Å². The first-order valence-corrected chi connectivity index (χ1v) is 4.24. The van der Waals surface area contributed by atoms with E-state index >= 15 is 0 Å². The highest BCUT2D eigenvalue weighted by Crippen LogP contribution is 1.93. The van der Waals surface area contributed by atoms with E-state index in [1.54, 1.807) is 24.4 Å². The van der Waals surface area contributed by atoms with Crippen LogP contribution in [0.4, 0.5) is 4.79 Å². The van der Waals surface area contributed by atoms with Crippen molar-refractivity contribution in [3.05, 3.63) is 29.0 Å². The van der Waals surface area contributed by atoms with Gasteiger partial charge >= 0.3 is 3.98 Å². The van der Waals surface area contributed by atoms with Crippen molar-refractivity contribution in [2.24, 2.45) is 0 Å². The number of hydrogen-bond donors (Lipinski definition) is 0. The molecule has 1 aromatic heterocycles. The topological polar surface area (TPSA) is 31.2 Å². The number of rotatable bonds is 1. The third-order valence-corrected chi connectivity index (χ3v) is 1.47. The molecule has 0 aliphatic carbocycles. The van der Waals surface area contributed by atoms with E-state index in [1.807, 2.05) is 0 Å². The zero-order valence-corrected chi connectivity index (χ0v) is 8.33. The molecule has 0 radical (unpaired) electrons. The minimum absolute atomic E-state index is 0.412. The molecule has 0 aliphatic heterocycles. The molecule has 0 bridgehead atoms. The first-order valence-electron chi connectivity index (χ1n) is 2.75. The summed E-state index contributed by atoms with van der Waals surface area (Å²) in [6.45, 7) is 0. The van der Waals surface area contributed by atoms with Gasteiger partial charge in [-0.2, -0.15) is 4.73 Å². The minimum Gasteiger partial charge on any atom is -0.325 e. The van der Waals surface area contributed by atoms with Gasteiger partial charge in [0.1, 0.15) is 4.64 Å². The van der Waals surface area contributed by atoms with Crippen LogP contribution in [-0.4, -0.2) is 8.71 Å². The Labute approximate surface area is 82.1 Å². The molecule has 0 spiro atoms. The Balaban J connectivity index is 2.95. The largest absolute Gasteiger partial charge is 0.391 e. The smallest absolute Gasteiger partial charge is 0.325 e. The molecule has 0 N–H and O–H groups in total. The number of nitrogens with zero attached hydrogens (tertiary/aromatic N) is 1. The molecule has 0 amide bonds. The molecule has 0 saturated heterocycles. The Hall–Kier alpha value is -0.430. The summed E-state index contributed by atoms with van der Waals surface area (Å²) in [6.07, 6.45) is 1.58. The maximum atomic E-state index is 10.5. The van der Waals surface area contributed by atoms with E-state index in [9.17, 15) is 4.79 Å². The van der Waals surface area contributed by atoms with Crippen LogP contribution in [0, 0.1) is 4.64 Å². The van der Waals surface area contributed by atoms with Gasteiger partial charge in [0.05, 0.1) is 22.6 Å². The van der Waals surface area contributed by atoms with E-state index in [-0.39, 0.29) is 0 Å². The summed E-state index contributed by atoms with van der Waals surface area (Å²) >= 11 is 6.39. The minimum atomic E-state index is -0.412. The summed E-state index contributed by atoms with van der Waals surface area (Å²) in [6, 6.07) is 5.18. The molecule has 0 unspecified atom stereocenters. The van der Waals surface area contributed by atoms with Gasteiger partial charge in [-0.1, -0.05) is 18.3 Å². The van der Waals surface area contributed by atoms with Crippen molar-refractivity contribution in [2.45, 2.75) is 0 Å². The van der Waals surface area contributed by atoms with Gasteiger partial charge in [-0.15, -0.1) is 0 Å². The maximum Gasteiger partial charge on any atom is 0.391 e. The van der Waals surface area contributed by atoms with Gasteiger partial charge in [0.25, 0.3) is 0 Å². The number of aromatic nitrogens is 1. The van der Waals surface area contributed by atoms with E-state index in [4.69, 9.17) is 17.1 Å². The first-order chi connectivity index (χ1) is 5.20. The third kappa shape index (κ3) is 2.58. The van der Waals surface area contributed by atoms with Crippen molar-refractivity contribution in [2.75, 3.05) is 0 Å². The van der Waals surface area contributed by atoms with Gasteiger partial charge in [0.2, 0.25) is 0 Å². The lowest BCUT2D eigenvalue weighted by Gasteiger charge is -2.01. The van der Waals surface area contributed by atoms with Gasteiger partial charge in [0, 0.05) is 6.20 Å². The second kappa shape index (κ2) is 3.82. The molecule has 11 heavy (non-hydrogen) atoms. The van der Waals surface area contributed by atoms with E-state index < -0.39 is 3.98 Å². The average molecular weight is 281 g/mol. The molecule has 1 heterocycles. The molecule has 0 fully saturated rings. The zero-order valence-electron chi connectivity index (χ0n) is 5.36. The predicted molar refractivity (Wildman–Crippen MR) is 51.3 cm³/mol. The van der Waals surface area contributed by atoms with Crippen molar-refractivity contribution < 1.29 is 9.63 Å². The molecular weight excluding hydrogens is 277 g/mol. The van der Waals surface area contributed by atoms with Crippen LogP contribution in [0.1, 0.15) is 0 Å². The van der Waals surface area contributed by atoms with Crippen molar-refractivity contribution in [3.63, 3.8) is 0 Å². The van der Waals surface area contributed by atoms with Gasteiger partial charge in [-0.05, 0) is 12.1 Å². The number of carbonyl (C=O) groups excluding carboxylic acids is 1. The Morgan fingerprint density at radius 1 is 1.64 bits per heavy atom. The average Bonchev–Trinajstić information content (AvgIpc) is 1.93. The molecule has 0 atom stereocenters. The molecule has 0 aliphatic rings. The Bertz CT molecular complexity index is 322. The third-order valence-electron chi connectivity index (χ3n) is 0.959. The highest BCUT2D eigenvalue weighted by atomic mass is 127. The van der Waals surface area contributed by atoms with Gasteiger partial charge in [0.15, 0.2) is 0 Å². The van der Waals surface area contributed by atoms with Crippen LogP contribution in [0.2, 0.25) is 0 Å². The number of carbonyl (C=O) groups is 1. The summed E-state index contributed by atoms with van der Waals surface area (Å²) < 4.78 is 1.30. The summed E-state index contributed by atoms with van der Waals surface area (Å²) in [5.74, 6) is 0. The van der Waals surface area contributed by atoms with Gasteiger partial charge < -0.3 is 4.84 Å². The highest BCUT2D eigenvalue weighted by Gasteiger charge is 1.95. The van der Waals surface area contributed by atoms with Crippen LogP contribution in [0.25, 0.3) is 0 Å². The van der Waals surface area contributed by atoms with Crippen LogP contribution in [0.15, 0.2) is 24.4 Å². The molecule has 58 valence electrons. The fraction of sp³-hybridized carbons (Fsp3) is 0. The SMILES string of the molecule is O=C(I)On1ccccc1=S. The molecule has 3 nitrogen and oxygen atoms in total. The summed E-state index contributed by atoms with van der Waals surface area (Å²) in [4.78, 5) is 15.2. The molecular formula is C6H4INO2S. The van der Waals surface area contributed by atoms with Crippen molar-refractivity contribution >= 4 is 38.8 Å². The van der Waals surface area contributed by atoms with Crippen molar-refractivity contribution in [1.29, 1.82) is 0 Å². The van der Waals surface area contributed by atoms with Gasteiger partial charge in [-0.25, -0.2) is 4.79 Å². The fourth-order valence-electron chi connectivity index (χ4n) is 0.565. The lowest BCUT2D eigenvalue weighted by atomic mass is 10.5. The van der Waals surface area contributed by atoms with Crippen LogP contribution < -0.4 is 4.84 Å². The standard InChI is InChI=1S/C6H4INO2S/c7-6(9)10-8-4-2-1-3-5(8)11/h1-4H. The van der Waals surface area contributed by atoms with Crippen LogP contribution in [0.3, 0.4) is 0 Å². The second-order valence-electron chi connectivity index (χ2n) is 1.69. The summed E-state index contributed by atoms with van der Waals surface area (Å²) in [5.41, 5.74) is 0. The Morgan fingerprint density at radius 3 is 2.91 bits per heavy atom. The van der Waals surface area contributed by atoms with Crippen molar-refractivity contribution in [1.82, 2.24) is 4.73 Å². The van der Waals surface area contributed by atoms with Crippen LogP contribution in [-0.2, 0) is 0 Å². The number of hydrogen-bond acceptors (Lipinski definition) is 3. The zero-order chi connectivity index (χ0) is 8.27. The van der Waals surface area contributed by atoms with E-state index in [0.717, 1.165) is 0 Å². The number of pyridine rings is 1. The molecule has 0 aromatic carbocycles. The predicted octanol–water partition coefficient (Wildman–Crippen LogP) is 2.20. The molecule has 5 heteroatoms. The van der Waals surface area contributed by atoms with Crippen molar-refractivity contribution in [3.8, 4) is 0 Å². The molecule has 1 aromatic rings. The quantitative estimate of drug-likeness (QED) is 0.449. The summed E-state index contributed by atoms with van der Waals surface area (Å²) in [5, 5.41) is 0. The monoisotopic (exact) mass is 281 g/mol. The lowest BCUT2D eigenvalue weighted by molar-refractivity contribution is 0.161. The Kier molecular flexibility index (Phi) is 3.01. The van der Waals surface area contributed by atoms with Crippen LogP contribution >= 0.6 is 34.8 Å². The normalized spacial score (nSPS) is 9.18. The number of halogens is 1. The highest BCUT2D eigenvalue weighted by molar-refractivity contribution is 14.1. The second-order valence-corrected chi connectivity index (χ2v) is 2.99. The van der Waals surface area contributed by atoms with E-state index in [2.05, 4.69) is 0 Å². The maximum absolute atomic E-state index is 10.5. The fourth-order valence-corrected chi connectivity index (χ4v) is 0.954. The van der Waals surface area contributed by atoms with Crippen LogP contribution in [0.5, 0.6) is 0 Å².